The Morgan fingerprint density at radius 3 is 2.19 bits per heavy atom. The highest BCUT2D eigenvalue weighted by molar-refractivity contribution is 6.30. The van der Waals surface area contributed by atoms with Crippen LogP contribution in [0.25, 0.3) is 0 Å². The normalized spacial score (nSPS) is 15.6. The van der Waals surface area contributed by atoms with Crippen LogP contribution in [-0.4, -0.2) is 45.9 Å². The van der Waals surface area contributed by atoms with E-state index in [9.17, 15) is 0 Å². The molecule has 2 N–H and O–H groups in total. The lowest BCUT2D eigenvalue weighted by molar-refractivity contribution is 0.615. The van der Waals surface area contributed by atoms with Gasteiger partial charge in [-0.3, -0.25) is 4.68 Å². The third-order valence-corrected chi connectivity index (χ3v) is 3.90. The third kappa shape index (κ3) is 2.61. The van der Waals surface area contributed by atoms with Crippen LogP contribution in [0, 0.1) is 6.92 Å². The van der Waals surface area contributed by atoms with Crippen molar-refractivity contribution < 1.29 is 0 Å². The fourth-order valence-corrected chi connectivity index (χ4v) is 2.72. The lowest BCUT2D eigenvalue weighted by Crippen LogP contribution is -2.47. The summed E-state index contributed by atoms with van der Waals surface area (Å²) in [7, 11) is 1.92. The number of nitrogens with zero attached hydrogens (tertiary/aromatic N) is 6. The summed E-state index contributed by atoms with van der Waals surface area (Å²) in [5.74, 6) is 1.71. The zero-order valence-electron chi connectivity index (χ0n) is 12.1. The second kappa shape index (κ2) is 5.40. The average molecular weight is 308 g/mol. The average Bonchev–Trinajstić information content (AvgIpc) is 2.73. The molecule has 21 heavy (non-hydrogen) atoms. The van der Waals surface area contributed by atoms with Gasteiger partial charge < -0.3 is 15.5 Å². The van der Waals surface area contributed by atoms with Crippen LogP contribution in [0.1, 0.15) is 5.69 Å². The molecule has 0 bridgehead atoms. The monoisotopic (exact) mass is 307 g/mol. The summed E-state index contributed by atoms with van der Waals surface area (Å²) < 4.78 is 1.85. The molecular formula is C13H18ClN7. The smallest absolute Gasteiger partial charge is 0.225 e. The van der Waals surface area contributed by atoms with Gasteiger partial charge in [0.2, 0.25) is 5.95 Å². The van der Waals surface area contributed by atoms with Gasteiger partial charge in [-0.1, -0.05) is 11.6 Å². The third-order valence-electron chi connectivity index (χ3n) is 3.71. The number of hydrogen-bond donors (Lipinski definition) is 1. The first-order valence-corrected chi connectivity index (χ1v) is 7.20. The molecule has 0 aliphatic carbocycles. The molecule has 0 spiro atoms. The van der Waals surface area contributed by atoms with Crippen molar-refractivity contribution in [2.75, 3.05) is 41.7 Å². The molecule has 0 aromatic carbocycles. The Morgan fingerprint density at radius 1 is 1.10 bits per heavy atom. The van der Waals surface area contributed by atoms with Crippen LogP contribution in [0.15, 0.2) is 12.4 Å². The van der Waals surface area contributed by atoms with Crippen molar-refractivity contribution >= 4 is 29.1 Å². The van der Waals surface area contributed by atoms with E-state index in [2.05, 4.69) is 24.9 Å². The Balaban J connectivity index is 1.71. The molecular weight excluding hydrogens is 290 g/mol. The zero-order valence-corrected chi connectivity index (χ0v) is 12.9. The van der Waals surface area contributed by atoms with Crippen molar-refractivity contribution in [1.29, 1.82) is 0 Å². The summed E-state index contributed by atoms with van der Waals surface area (Å²) in [5.41, 5.74) is 7.75. The van der Waals surface area contributed by atoms with E-state index in [1.54, 1.807) is 12.4 Å². The Morgan fingerprint density at radius 2 is 1.67 bits per heavy atom. The Kier molecular flexibility index (Phi) is 3.59. The molecule has 1 aliphatic heterocycles. The van der Waals surface area contributed by atoms with E-state index in [1.807, 2.05) is 18.7 Å². The van der Waals surface area contributed by atoms with Gasteiger partial charge in [0.25, 0.3) is 0 Å². The van der Waals surface area contributed by atoms with E-state index in [1.165, 1.54) is 0 Å². The molecule has 1 saturated heterocycles. The Bertz CT molecular complexity index is 629. The van der Waals surface area contributed by atoms with Crippen molar-refractivity contribution in [1.82, 2.24) is 19.7 Å². The zero-order chi connectivity index (χ0) is 15.0. The largest absolute Gasteiger partial charge is 0.394 e. The van der Waals surface area contributed by atoms with Gasteiger partial charge in [-0.05, 0) is 6.92 Å². The molecule has 0 amide bonds. The SMILES string of the molecule is Cc1nn(C)c(N2CCN(c3ncc(Cl)cn3)CC2)c1N. The first kappa shape index (κ1) is 13.9. The van der Waals surface area contributed by atoms with Crippen molar-refractivity contribution in [3.63, 3.8) is 0 Å². The van der Waals surface area contributed by atoms with Gasteiger partial charge in [-0.25, -0.2) is 9.97 Å². The fourth-order valence-electron chi connectivity index (χ4n) is 2.62. The van der Waals surface area contributed by atoms with Crippen LogP contribution >= 0.6 is 11.6 Å². The summed E-state index contributed by atoms with van der Waals surface area (Å²) in [5, 5.41) is 4.92. The van der Waals surface area contributed by atoms with E-state index in [-0.39, 0.29) is 0 Å². The van der Waals surface area contributed by atoms with Crippen molar-refractivity contribution in [2.45, 2.75) is 6.92 Å². The van der Waals surface area contributed by atoms with E-state index < -0.39 is 0 Å². The lowest BCUT2D eigenvalue weighted by atomic mass is 10.3. The van der Waals surface area contributed by atoms with Crippen molar-refractivity contribution in [3.8, 4) is 0 Å². The summed E-state index contributed by atoms with van der Waals surface area (Å²) in [6, 6.07) is 0. The van der Waals surface area contributed by atoms with Crippen LogP contribution in [0.4, 0.5) is 17.5 Å². The van der Waals surface area contributed by atoms with Crippen LogP contribution < -0.4 is 15.5 Å². The first-order valence-electron chi connectivity index (χ1n) is 6.83. The van der Waals surface area contributed by atoms with Gasteiger partial charge in [-0.15, -0.1) is 0 Å². The molecule has 3 rings (SSSR count). The Labute approximate surface area is 128 Å². The molecule has 7 nitrogen and oxygen atoms in total. The molecule has 0 radical (unpaired) electrons. The molecule has 1 aliphatic rings. The number of aromatic nitrogens is 4. The van der Waals surface area contributed by atoms with Crippen LogP contribution in [0.2, 0.25) is 5.02 Å². The van der Waals surface area contributed by atoms with Crippen LogP contribution in [0.5, 0.6) is 0 Å². The molecule has 0 saturated carbocycles. The summed E-state index contributed by atoms with van der Waals surface area (Å²) in [6.07, 6.45) is 3.25. The van der Waals surface area contributed by atoms with Gasteiger partial charge in [-0.2, -0.15) is 5.10 Å². The van der Waals surface area contributed by atoms with Gasteiger partial charge in [0.15, 0.2) is 5.82 Å². The highest BCUT2D eigenvalue weighted by Gasteiger charge is 2.23. The standard InChI is InChI=1S/C13H18ClN7/c1-9-11(15)12(19(2)18-9)20-3-5-21(6-4-20)13-16-7-10(14)8-17-13/h7-8H,3-6,15H2,1-2H3. The highest BCUT2D eigenvalue weighted by Crippen LogP contribution is 2.26. The number of piperazine rings is 1. The van der Waals surface area contributed by atoms with E-state index in [0.717, 1.165) is 43.4 Å². The number of rotatable bonds is 2. The van der Waals surface area contributed by atoms with E-state index >= 15 is 0 Å². The van der Waals surface area contributed by atoms with Gasteiger partial charge >= 0.3 is 0 Å². The van der Waals surface area contributed by atoms with Crippen molar-refractivity contribution in [2.24, 2.45) is 7.05 Å². The van der Waals surface area contributed by atoms with Gasteiger partial charge in [0.1, 0.15) is 0 Å². The van der Waals surface area contributed by atoms with Crippen LogP contribution in [-0.2, 0) is 7.05 Å². The minimum Gasteiger partial charge on any atom is -0.394 e. The maximum Gasteiger partial charge on any atom is 0.225 e. The number of nitrogens with two attached hydrogens (primary N) is 1. The predicted molar refractivity (Wildman–Crippen MR) is 83.8 cm³/mol. The lowest BCUT2D eigenvalue weighted by Gasteiger charge is -2.35. The Hall–Kier alpha value is -2.02. The molecule has 2 aromatic rings. The van der Waals surface area contributed by atoms with Crippen LogP contribution in [0.3, 0.4) is 0 Å². The van der Waals surface area contributed by atoms with Gasteiger partial charge in [0.05, 0.1) is 28.8 Å². The maximum absolute atomic E-state index is 6.12. The minimum absolute atomic E-state index is 0.551. The molecule has 1 fully saturated rings. The van der Waals surface area contributed by atoms with Crippen molar-refractivity contribution in [3.05, 3.63) is 23.1 Å². The molecule has 3 heterocycles. The molecule has 8 heteroatoms. The first-order chi connectivity index (χ1) is 10.1. The summed E-state index contributed by atoms with van der Waals surface area (Å²) in [6.45, 7) is 5.32. The maximum atomic E-state index is 6.12. The fraction of sp³-hybridized carbons (Fsp3) is 0.462. The number of aryl methyl sites for hydroxylation is 2. The molecule has 0 unspecified atom stereocenters. The summed E-state index contributed by atoms with van der Waals surface area (Å²) >= 11 is 5.82. The second-order valence-corrected chi connectivity index (χ2v) is 5.56. The second-order valence-electron chi connectivity index (χ2n) is 5.12. The predicted octanol–water partition coefficient (Wildman–Crippen LogP) is 1.08. The highest BCUT2D eigenvalue weighted by atomic mass is 35.5. The van der Waals surface area contributed by atoms with E-state index in [0.29, 0.717) is 11.0 Å². The number of nitrogen functional groups attached to an aromatic ring is 1. The topological polar surface area (TPSA) is 76.1 Å². The summed E-state index contributed by atoms with van der Waals surface area (Å²) in [4.78, 5) is 12.9. The minimum atomic E-state index is 0.551. The quantitative estimate of drug-likeness (QED) is 0.895. The number of halogens is 1. The molecule has 0 atom stereocenters. The molecule has 112 valence electrons. The van der Waals surface area contributed by atoms with Gasteiger partial charge in [0, 0.05) is 33.2 Å². The number of anilines is 3. The molecule has 2 aromatic heterocycles. The number of hydrogen-bond acceptors (Lipinski definition) is 6. The van der Waals surface area contributed by atoms with E-state index in [4.69, 9.17) is 17.3 Å².